The van der Waals surface area contributed by atoms with E-state index in [2.05, 4.69) is 9.72 Å². The van der Waals surface area contributed by atoms with E-state index in [0.717, 1.165) is 5.56 Å². The molecule has 1 amide bonds. The summed E-state index contributed by atoms with van der Waals surface area (Å²) in [7, 11) is 1.47. The number of benzene rings is 2. The number of aromatic nitrogens is 1. The van der Waals surface area contributed by atoms with Crippen molar-refractivity contribution in [3.05, 3.63) is 59.8 Å². The van der Waals surface area contributed by atoms with Crippen molar-refractivity contribution in [2.24, 2.45) is 5.73 Å². The molecule has 3 N–H and O–H groups in total. The molecule has 12 heteroatoms. The number of alkyl halides is 3. The second-order valence-electron chi connectivity index (χ2n) is 8.78. The first-order chi connectivity index (χ1) is 18.1. The molecule has 2 heterocycles. The first-order valence-electron chi connectivity index (χ1n) is 11.8. The first kappa shape index (κ1) is 27.0. The van der Waals surface area contributed by atoms with Gasteiger partial charge in [-0.3, -0.25) is 4.79 Å². The van der Waals surface area contributed by atoms with Crippen molar-refractivity contribution in [2.45, 2.75) is 31.0 Å². The molecule has 0 saturated carbocycles. The third-order valence-electron chi connectivity index (χ3n) is 6.34. The van der Waals surface area contributed by atoms with Crippen LogP contribution in [0.4, 0.5) is 18.9 Å². The average molecular weight is 534 g/mol. The number of nitrogens with two attached hydrogens (primary N) is 1. The molecule has 0 bridgehead atoms. The molecule has 1 saturated heterocycles. The highest BCUT2D eigenvalue weighted by atomic mass is 19.4. The Kier molecular flexibility index (Phi) is 7.91. The van der Waals surface area contributed by atoms with Crippen LogP contribution in [0.25, 0.3) is 10.9 Å². The van der Waals surface area contributed by atoms with Crippen molar-refractivity contribution in [1.82, 2.24) is 4.98 Å². The number of aromatic amines is 1. The summed E-state index contributed by atoms with van der Waals surface area (Å²) < 4.78 is 53.8. The highest BCUT2D eigenvalue weighted by Crippen LogP contribution is 2.40. The lowest BCUT2D eigenvalue weighted by atomic mass is 9.91. The molecular formula is C26H26F3N3O6. The number of hydrogen-bond acceptors (Lipinski definition) is 7. The number of halogens is 3. The van der Waals surface area contributed by atoms with Crippen molar-refractivity contribution in [3.8, 4) is 5.75 Å². The Bertz CT molecular complexity index is 1330. The van der Waals surface area contributed by atoms with Gasteiger partial charge in [-0.1, -0.05) is 30.3 Å². The number of methoxy groups -OCH3 is 1. The lowest BCUT2D eigenvalue weighted by molar-refractivity contribution is -0.189. The van der Waals surface area contributed by atoms with Crippen LogP contribution in [0, 0.1) is 0 Å². The maximum Gasteiger partial charge on any atom is 0.491 e. The number of amides is 1. The van der Waals surface area contributed by atoms with E-state index in [4.69, 9.17) is 15.2 Å². The largest absolute Gasteiger partial charge is 0.491 e. The number of carbonyl (C=O) groups is 3. The highest BCUT2D eigenvalue weighted by Gasteiger charge is 2.43. The smallest absolute Gasteiger partial charge is 0.461 e. The number of nitrogens with zero attached hydrogens (tertiary/aromatic N) is 1. The monoisotopic (exact) mass is 533 g/mol. The van der Waals surface area contributed by atoms with Crippen LogP contribution in [0.2, 0.25) is 0 Å². The molecule has 0 aliphatic carbocycles. The van der Waals surface area contributed by atoms with Gasteiger partial charge in [-0.25, -0.2) is 9.59 Å². The molecule has 9 nitrogen and oxygen atoms in total. The van der Waals surface area contributed by atoms with Gasteiger partial charge in [-0.05, 0) is 30.2 Å². The molecule has 0 unspecified atom stereocenters. The van der Waals surface area contributed by atoms with Crippen molar-refractivity contribution in [3.63, 3.8) is 0 Å². The van der Waals surface area contributed by atoms with Gasteiger partial charge in [0.1, 0.15) is 6.04 Å². The Hall–Kier alpha value is -4.06. The fourth-order valence-corrected chi connectivity index (χ4v) is 4.66. The molecule has 3 aromatic rings. The van der Waals surface area contributed by atoms with E-state index in [0.29, 0.717) is 31.7 Å². The Morgan fingerprint density at radius 3 is 2.50 bits per heavy atom. The minimum atomic E-state index is -5.30. The number of esters is 2. The zero-order chi connectivity index (χ0) is 27.4. The van der Waals surface area contributed by atoms with Gasteiger partial charge < -0.3 is 29.8 Å². The molecule has 2 atom stereocenters. The predicted octanol–water partition coefficient (Wildman–Crippen LogP) is 3.68. The predicted molar refractivity (Wildman–Crippen MR) is 131 cm³/mol. The molecule has 1 aliphatic heterocycles. The van der Waals surface area contributed by atoms with Gasteiger partial charge in [0.25, 0.3) is 0 Å². The average Bonchev–Trinajstić information content (AvgIpc) is 3.49. The summed E-state index contributed by atoms with van der Waals surface area (Å²) in [5, 5.41) is 0.0373. The molecule has 0 radical (unpaired) electrons. The van der Waals surface area contributed by atoms with Gasteiger partial charge >= 0.3 is 18.1 Å². The third kappa shape index (κ3) is 5.59. The number of nitrogens with one attached hydrogen (secondary N) is 1. The van der Waals surface area contributed by atoms with E-state index >= 15 is 0 Å². The number of primary amides is 1. The third-order valence-corrected chi connectivity index (χ3v) is 6.34. The van der Waals surface area contributed by atoms with Crippen molar-refractivity contribution in [1.29, 1.82) is 0 Å². The summed E-state index contributed by atoms with van der Waals surface area (Å²) in [6, 6.07) is 13.3. The minimum absolute atomic E-state index is 0.0373. The molecule has 202 valence electrons. The molecule has 38 heavy (non-hydrogen) atoms. The van der Waals surface area contributed by atoms with E-state index in [1.54, 1.807) is 11.0 Å². The van der Waals surface area contributed by atoms with E-state index in [9.17, 15) is 27.6 Å². The second kappa shape index (κ2) is 11.1. The van der Waals surface area contributed by atoms with Crippen LogP contribution in [0.1, 0.15) is 34.8 Å². The number of carbonyl (C=O) groups excluding carboxylic acids is 3. The van der Waals surface area contributed by atoms with Crippen LogP contribution in [0.3, 0.4) is 0 Å². The van der Waals surface area contributed by atoms with Crippen LogP contribution in [0.5, 0.6) is 5.75 Å². The molecule has 1 fully saturated rings. The van der Waals surface area contributed by atoms with Gasteiger partial charge in [0.15, 0.2) is 11.4 Å². The summed E-state index contributed by atoms with van der Waals surface area (Å²) in [5.74, 6) is -4.86. The van der Waals surface area contributed by atoms with Crippen molar-refractivity contribution < 1.29 is 41.8 Å². The van der Waals surface area contributed by atoms with Crippen LogP contribution in [-0.4, -0.2) is 61.9 Å². The van der Waals surface area contributed by atoms with Gasteiger partial charge in [-0.2, -0.15) is 13.2 Å². The molecule has 1 aliphatic rings. The number of rotatable bonds is 9. The van der Waals surface area contributed by atoms with Crippen LogP contribution in [-0.2, 0) is 19.1 Å². The van der Waals surface area contributed by atoms with Crippen LogP contribution < -0.4 is 15.4 Å². The second-order valence-corrected chi connectivity index (χ2v) is 8.78. The summed E-state index contributed by atoms with van der Waals surface area (Å²) in [6.07, 6.45) is -4.33. The Morgan fingerprint density at radius 1 is 1.11 bits per heavy atom. The molecule has 4 rings (SSSR count). The fourth-order valence-electron chi connectivity index (χ4n) is 4.66. The summed E-state index contributed by atoms with van der Waals surface area (Å²) >= 11 is 0. The SMILES string of the molecule is COCCCOC(=O)c1[nH]c2ccc(N3CC[C@H](c4ccccc4)[C@H]3C(N)=O)cc2c1OC(=O)C(F)(F)F. The molecule has 1 aromatic heterocycles. The van der Waals surface area contributed by atoms with Crippen LogP contribution in [0.15, 0.2) is 48.5 Å². The lowest BCUT2D eigenvalue weighted by Gasteiger charge is -2.27. The molecular weight excluding hydrogens is 507 g/mol. The number of hydrogen-bond donors (Lipinski definition) is 2. The lowest BCUT2D eigenvalue weighted by Crippen LogP contribution is -2.43. The number of H-pyrrole nitrogens is 1. The first-order valence-corrected chi connectivity index (χ1v) is 11.8. The standard InChI is InChI=1S/C26H26F3N3O6/c1-36-12-5-13-37-24(34)20-22(38-25(35)26(27,28)29)18-14-16(8-9-19(18)31-20)32-11-10-17(21(32)23(30)33)15-6-3-2-4-7-15/h2-4,6-9,14,17,21,31H,5,10-13H2,1H3,(H2,30,33)/t17-,21+/m1/s1. The fraction of sp³-hybridized carbons (Fsp3) is 0.346. The maximum atomic E-state index is 13.1. The Balaban J connectivity index is 1.72. The van der Waals surface area contributed by atoms with E-state index in [1.807, 2.05) is 30.3 Å². The van der Waals surface area contributed by atoms with Crippen molar-refractivity contribution in [2.75, 3.05) is 31.8 Å². The van der Waals surface area contributed by atoms with Gasteiger partial charge in [0.2, 0.25) is 5.91 Å². The van der Waals surface area contributed by atoms with Crippen LogP contribution >= 0.6 is 0 Å². The number of anilines is 1. The Morgan fingerprint density at radius 2 is 1.84 bits per heavy atom. The van der Waals surface area contributed by atoms with Crippen molar-refractivity contribution >= 4 is 34.4 Å². The molecule has 2 aromatic carbocycles. The number of ether oxygens (including phenoxy) is 3. The summed E-state index contributed by atoms with van der Waals surface area (Å²) in [6.45, 7) is 0.685. The van der Waals surface area contributed by atoms with Gasteiger partial charge in [-0.15, -0.1) is 0 Å². The number of fused-ring (bicyclic) bond motifs is 1. The van der Waals surface area contributed by atoms with E-state index < -0.39 is 41.5 Å². The topological polar surface area (TPSA) is 124 Å². The molecule has 0 spiro atoms. The van der Waals surface area contributed by atoms with Gasteiger partial charge in [0.05, 0.1) is 12.1 Å². The zero-order valence-corrected chi connectivity index (χ0v) is 20.4. The maximum absolute atomic E-state index is 13.1. The van der Waals surface area contributed by atoms with Gasteiger partial charge in [0, 0.05) is 43.7 Å². The van der Waals surface area contributed by atoms with E-state index in [1.165, 1.54) is 19.2 Å². The quantitative estimate of drug-likeness (QED) is 0.318. The minimum Gasteiger partial charge on any atom is -0.461 e. The Labute approximate surface area is 215 Å². The zero-order valence-electron chi connectivity index (χ0n) is 20.4. The normalized spacial score (nSPS) is 17.5. The summed E-state index contributed by atoms with van der Waals surface area (Å²) in [4.78, 5) is 41.4. The highest BCUT2D eigenvalue weighted by molar-refractivity contribution is 6.03. The van der Waals surface area contributed by atoms with E-state index in [-0.39, 0.29) is 23.4 Å². The summed E-state index contributed by atoms with van der Waals surface area (Å²) in [5.41, 5.74) is 6.95.